The van der Waals surface area contributed by atoms with E-state index >= 15 is 0 Å². The molecule has 134 valence electrons. The molecule has 3 rings (SSSR count). The highest BCUT2D eigenvalue weighted by Gasteiger charge is 2.12. The van der Waals surface area contributed by atoms with Crippen molar-refractivity contribution in [1.29, 1.82) is 0 Å². The number of halogens is 1. The van der Waals surface area contributed by atoms with Crippen molar-refractivity contribution in [3.8, 4) is 22.9 Å². The van der Waals surface area contributed by atoms with Crippen molar-refractivity contribution in [2.45, 2.75) is 6.61 Å². The van der Waals surface area contributed by atoms with Crippen LogP contribution in [0.4, 0.5) is 10.1 Å². The Labute approximate surface area is 151 Å². The molecule has 1 heterocycles. The van der Waals surface area contributed by atoms with Gasteiger partial charge in [-0.1, -0.05) is 12.1 Å². The normalized spacial score (nSPS) is 10.5. The Hall–Kier alpha value is -3.12. The van der Waals surface area contributed by atoms with Crippen LogP contribution < -0.4 is 20.3 Å². The van der Waals surface area contributed by atoms with Gasteiger partial charge in [-0.15, -0.1) is 0 Å². The molecule has 6 heteroatoms. The lowest BCUT2D eigenvalue weighted by atomic mass is 10.1. The molecular weight excluding hydrogens is 333 g/mol. The number of nitrogens with zero attached hydrogens (tertiary/aromatic N) is 2. The van der Waals surface area contributed by atoms with Crippen LogP contribution in [0.25, 0.3) is 11.3 Å². The molecule has 0 fully saturated rings. The fraction of sp³-hybridized carbons (Fsp3) is 0.150. The van der Waals surface area contributed by atoms with E-state index in [0.29, 0.717) is 17.3 Å². The molecule has 2 N–H and O–H groups in total. The number of anilines is 1. The summed E-state index contributed by atoms with van der Waals surface area (Å²) in [5.41, 5.74) is 3.16. The molecule has 0 bridgehead atoms. The maximum Gasteiger partial charge on any atom is 0.214 e. The summed E-state index contributed by atoms with van der Waals surface area (Å²) in [4.78, 5) is 4.49. The van der Waals surface area contributed by atoms with Crippen LogP contribution in [-0.4, -0.2) is 19.1 Å². The topological polar surface area (TPSA) is 60.6 Å². The average molecular weight is 353 g/mol. The van der Waals surface area contributed by atoms with Gasteiger partial charge in [-0.2, -0.15) is 0 Å². The predicted molar refractivity (Wildman–Crippen MR) is 99.5 cm³/mol. The first-order chi connectivity index (χ1) is 12.6. The zero-order chi connectivity index (χ0) is 18.5. The van der Waals surface area contributed by atoms with Crippen LogP contribution in [0.1, 0.15) is 5.56 Å². The monoisotopic (exact) mass is 353 g/mol. The summed E-state index contributed by atoms with van der Waals surface area (Å²) in [6.45, 7) is 0.251. The van der Waals surface area contributed by atoms with Crippen LogP contribution in [0.2, 0.25) is 0 Å². The third-order valence-electron chi connectivity index (χ3n) is 3.94. The summed E-state index contributed by atoms with van der Waals surface area (Å²) in [6.07, 6.45) is 0. The van der Waals surface area contributed by atoms with Crippen LogP contribution in [0.3, 0.4) is 0 Å². The van der Waals surface area contributed by atoms with Gasteiger partial charge in [0.05, 0.1) is 24.1 Å². The van der Waals surface area contributed by atoms with Crippen molar-refractivity contribution in [3.05, 3.63) is 72.0 Å². The number of nitrogens with two attached hydrogens (primary N) is 1. The fourth-order valence-electron chi connectivity index (χ4n) is 2.64. The summed E-state index contributed by atoms with van der Waals surface area (Å²) in [7, 11) is 3.36. The second-order valence-electron chi connectivity index (χ2n) is 5.73. The quantitative estimate of drug-likeness (QED) is 0.540. The second-order valence-corrected chi connectivity index (χ2v) is 5.73. The fourth-order valence-corrected chi connectivity index (χ4v) is 2.64. The van der Waals surface area contributed by atoms with Gasteiger partial charge >= 0.3 is 0 Å². The van der Waals surface area contributed by atoms with E-state index < -0.39 is 0 Å². The predicted octanol–water partition coefficient (Wildman–Crippen LogP) is 3.79. The molecule has 0 radical (unpaired) electrons. The highest BCUT2D eigenvalue weighted by molar-refractivity contribution is 5.60. The lowest BCUT2D eigenvalue weighted by Gasteiger charge is -2.19. The molecule has 0 atom stereocenters. The molecule has 5 nitrogen and oxygen atoms in total. The van der Waals surface area contributed by atoms with Crippen molar-refractivity contribution in [1.82, 2.24) is 4.98 Å². The summed E-state index contributed by atoms with van der Waals surface area (Å²) >= 11 is 0. The highest BCUT2D eigenvalue weighted by Crippen LogP contribution is 2.29. The number of hydrogen-bond donors (Lipinski definition) is 1. The Morgan fingerprint density at radius 1 is 1.04 bits per heavy atom. The molecule has 1 aromatic heterocycles. The molecule has 3 aromatic rings. The van der Waals surface area contributed by atoms with E-state index in [1.165, 1.54) is 17.1 Å². The van der Waals surface area contributed by atoms with Gasteiger partial charge in [0.15, 0.2) is 0 Å². The number of hydrazine groups is 1. The molecular formula is C20H20FN3O2. The minimum absolute atomic E-state index is 0.251. The first-order valence-electron chi connectivity index (χ1n) is 8.08. The Balaban J connectivity index is 1.83. The molecule has 0 aliphatic carbocycles. The molecule has 0 unspecified atom stereocenters. The number of ether oxygens (including phenoxy) is 2. The molecule has 0 aliphatic rings. The van der Waals surface area contributed by atoms with E-state index in [0.717, 1.165) is 16.8 Å². The van der Waals surface area contributed by atoms with E-state index in [9.17, 15) is 4.39 Å². The number of pyridine rings is 1. The van der Waals surface area contributed by atoms with E-state index in [1.54, 1.807) is 32.4 Å². The van der Waals surface area contributed by atoms with Gasteiger partial charge in [-0.3, -0.25) is 0 Å². The maximum absolute atomic E-state index is 13.1. The van der Waals surface area contributed by atoms with Gasteiger partial charge in [-0.05, 0) is 42.5 Å². The third kappa shape index (κ3) is 3.92. The van der Waals surface area contributed by atoms with Crippen molar-refractivity contribution >= 4 is 5.69 Å². The Bertz CT molecular complexity index is 882. The summed E-state index contributed by atoms with van der Waals surface area (Å²) in [5, 5.41) is 1.52. The van der Waals surface area contributed by atoms with Crippen LogP contribution in [-0.2, 0) is 6.61 Å². The molecule has 0 saturated heterocycles. The van der Waals surface area contributed by atoms with E-state index in [1.807, 2.05) is 30.3 Å². The van der Waals surface area contributed by atoms with E-state index in [4.69, 9.17) is 15.3 Å². The molecule has 0 amide bonds. The number of aromatic nitrogens is 1. The molecule has 0 aliphatic heterocycles. The zero-order valence-electron chi connectivity index (χ0n) is 14.6. The standard InChI is InChI=1S/C20H20FN3O2/c1-24(22)18-6-4-7-19(25-2)16(18)13-26-20-8-3-5-17(23-20)14-9-11-15(21)12-10-14/h3-12H,13,22H2,1-2H3. The number of benzene rings is 2. The van der Waals surface area contributed by atoms with Gasteiger partial charge in [0.1, 0.15) is 18.2 Å². The molecule has 0 saturated carbocycles. The number of methoxy groups -OCH3 is 1. The van der Waals surface area contributed by atoms with Gasteiger partial charge in [0, 0.05) is 18.7 Å². The van der Waals surface area contributed by atoms with Crippen molar-refractivity contribution < 1.29 is 13.9 Å². The number of rotatable bonds is 6. The van der Waals surface area contributed by atoms with Crippen LogP contribution >= 0.6 is 0 Å². The smallest absolute Gasteiger partial charge is 0.214 e. The first kappa shape index (κ1) is 17.7. The summed E-state index contributed by atoms with van der Waals surface area (Å²) in [5.74, 6) is 6.76. The van der Waals surface area contributed by atoms with Gasteiger partial charge in [-0.25, -0.2) is 15.2 Å². The Kier molecular flexibility index (Phi) is 5.34. The SMILES string of the molecule is COc1cccc(N(C)N)c1COc1cccc(-c2ccc(F)cc2)n1. The Morgan fingerprint density at radius 2 is 1.77 bits per heavy atom. The average Bonchev–Trinajstić information content (AvgIpc) is 2.66. The van der Waals surface area contributed by atoms with Gasteiger partial charge in [0.2, 0.25) is 5.88 Å². The Morgan fingerprint density at radius 3 is 2.46 bits per heavy atom. The second kappa shape index (κ2) is 7.84. The van der Waals surface area contributed by atoms with Crippen LogP contribution in [0.5, 0.6) is 11.6 Å². The molecule has 26 heavy (non-hydrogen) atoms. The minimum Gasteiger partial charge on any atom is -0.496 e. The third-order valence-corrected chi connectivity index (χ3v) is 3.94. The van der Waals surface area contributed by atoms with Crippen molar-refractivity contribution in [2.24, 2.45) is 5.84 Å². The first-order valence-corrected chi connectivity index (χ1v) is 8.08. The zero-order valence-corrected chi connectivity index (χ0v) is 14.6. The lowest BCUT2D eigenvalue weighted by molar-refractivity contribution is 0.286. The largest absolute Gasteiger partial charge is 0.496 e. The number of hydrogen-bond acceptors (Lipinski definition) is 5. The van der Waals surface area contributed by atoms with Gasteiger partial charge in [0.25, 0.3) is 0 Å². The molecule has 0 spiro atoms. The summed E-state index contributed by atoms with van der Waals surface area (Å²) < 4.78 is 24.4. The lowest BCUT2D eigenvalue weighted by Crippen LogP contribution is -2.26. The molecule has 2 aromatic carbocycles. The van der Waals surface area contributed by atoms with Crippen molar-refractivity contribution in [2.75, 3.05) is 19.2 Å². The van der Waals surface area contributed by atoms with Crippen molar-refractivity contribution in [3.63, 3.8) is 0 Å². The van der Waals surface area contributed by atoms with Gasteiger partial charge < -0.3 is 14.5 Å². The van der Waals surface area contributed by atoms with E-state index in [-0.39, 0.29) is 12.4 Å². The van der Waals surface area contributed by atoms with Crippen LogP contribution in [0, 0.1) is 5.82 Å². The van der Waals surface area contributed by atoms with Crippen LogP contribution in [0.15, 0.2) is 60.7 Å². The minimum atomic E-state index is -0.282. The maximum atomic E-state index is 13.1. The van der Waals surface area contributed by atoms with E-state index in [2.05, 4.69) is 4.98 Å². The highest BCUT2D eigenvalue weighted by atomic mass is 19.1. The summed E-state index contributed by atoms with van der Waals surface area (Å²) in [6, 6.07) is 17.3.